The van der Waals surface area contributed by atoms with Crippen molar-refractivity contribution in [3.8, 4) is 0 Å². The maximum absolute atomic E-state index is 3.52. The Hall–Kier alpha value is 0.557. The molecule has 0 unspecified atom stereocenters. The van der Waals surface area contributed by atoms with E-state index in [1.807, 2.05) is 5.80 Å². The molecule has 0 aromatic heterocycles. The van der Waals surface area contributed by atoms with Crippen LogP contribution in [0.3, 0.4) is 0 Å². The van der Waals surface area contributed by atoms with Crippen LogP contribution in [0.1, 0.15) is 0 Å². The Morgan fingerprint density at radius 3 is 1.75 bits per heavy atom. The van der Waals surface area contributed by atoms with Crippen molar-refractivity contribution in [1.29, 1.82) is 0 Å². The highest BCUT2D eigenvalue weighted by Crippen LogP contribution is 2.03. The second-order valence-electron chi connectivity index (χ2n) is 2.81. The van der Waals surface area contributed by atoms with Crippen molar-refractivity contribution < 1.29 is 0 Å². The van der Waals surface area contributed by atoms with Crippen LogP contribution in [0.25, 0.3) is 0 Å². The molecule has 0 aromatic rings. The molecule has 0 aliphatic heterocycles. The Balaban J connectivity index is 4.02. The van der Waals surface area contributed by atoms with Crippen molar-refractivity contribution in [3.05, 3.63) is 0 Å². The first-order chi connectivity index (χ1) is 3.48. The van der Waals surface area contributed by atoms with Crippen LogP contribution in [0.15, 0.2) is 0 Å². The van der Waals surface area contributed by atoms with Gasteiger partial charge >= 0.3 is 0 Å². The minimum absolute atomic E-state index is 1.03. The Kier molecular flexibility index (Phi) is 3.12. The predicted molar refractivity (Wildman–Crippen MR) is 51.0 cm³/mol. The lowest BCUT2D eigenvalue weighted by atomic mass is 11.0. The van der Waals surface area contributed by atoms with Gasteiger partial charge in [0.15, 0.2) is 0 Å². The van der Waals surface area contributed by atoms with Gasteiger partial charge in [0.05, 0.1) is 8.07 Å². The summed E-state index contributed by atoms with van der Waals surface area (Å²) in [5.41, 5.74) is 0. The zero-order valence-corrected chi connectivity index (χ0v) is 8.58. The van der Waals surface area contributed by atoms with Gasteiger partial charge in [0.1, 0.15) is 0 Å². The zero-order chi connectivity index (χ0) is 6.78. The molecule has 0 aromatic carbocycles. The Labute approximate surface area is 56.8 Å². The molecular weight excluding hydrogens is 150 g/mol. The number of hydrogen-bond donors (Lipinski definition) is 0. The van der Waals surface area contributed by atoms with E-state index in [4.69, 9.17) is 0 Å². The van der Waals surface area contributed by atoms with Crippen LogP contribution < -0.4 is 0 Å². The summed E-state index contributed by atoms with van der Waals surface area (Å²) in [6.07, 6.45) is 0. The molecule has 0 bridgehead atoms. The molecule has 0 N–H and O–H groups in total. The third-order valence-electron chi connectivity index (χ3n) is 0.952. The van der Waals surface area contributed by atoms with E-state index in [0.29, 0.717) is 0 Å². The average molecular weight is 162 g/mol. The fraction of sp³-hybridized carbons (Fsp3) is 0.600. The summed E-state index contributed by atoms with van der Waals surface area (Å²) in [6, 6.07) is 0. The van der Waals surface area contributed by atoms with Crippen molar-refractivity contribution in [2.75, 3.05) is 0 Å². The number of hydrogen-bond acceptors (Lipinski definition) is 0. The minimum atomic E-state index is -1.03. The molecule has 0 saturated heterocycles. The lowest BCUT2D eigenvalue weighted by Gasteiger charge is -2.13. The van der Waals surface area contributed by atoms with Gasteiger partial charge in [0, 0.05) is 0 Å². The van der Waals surface area contributed by atoms with E-state index in [1.54, 1.807) is 0 Å². The van der Waals surface area contributed by atoms with Crippen molar-refractivity contribution in [1.82, 2.24) is 0 Å². The molecule has 0 nitrogen and oxygen atoms in total. The summed E-state index contributed by atoms with van der Waals surface area (Å²) in [5.74, 6) is 1.95. The van der Waals surface area contributed by atoms with Crippen molar-refractivity contribution in [3.63, 3.8) is 0 Å². The second-order valence-corrected chi connectivity index (χ2v) is 9.17. The molecule has 3 heteroatoms. The van der Waals surface area contributed by atoms with Crippen LogP contribution in [-0.2, 0) is 0 Å². The van der Waals surface area contributed by atoms with E-state index < -0.39 is 8.07 Å². The maximum Gasteiger partial charge on any atom is 0.0831 e. The molecule has 46 valence electrons. The SMILES string of the molecule is C[Si](C)(C)C(=P)C=P. The summed E-state index contributed by atoms with van der Waals surface area (Å²) in [7, 11) is 5.80. The smallest absolute Gasteiger partial charge is 0.0831 e. The van der Waals surface area contributed by atoms with Crippen LogP contribution in [0, 0.1) is 0 Å². The van der Waals surface area contributed by atoms with E-state index in [0.717, 1.165) is 0 Å². The fourth-order valence-electron chi connectivity index (χ4n) is 0.217. The van der Waals surface area contributed by atoms with Crippen LogP contribution in [0.4, 0.5) is 0 Å². The minimum Gasteiger partial charge on any atom is -0.123 e. The van der Waals surface area contributed by atoms with E-state index >= 15 is 0 Å². The average Bonchev–Trinajstić information content (AvgIpc) is 1.62. The highest BCUT2D eigenvalue weighted by molar-refractivity contribution is 7.48. The van der Waals surface area contributed by atoms with Crippen LogP contribution in [0.5, 0.6) is 0 Å². The third kappa shape index (κ3) is 2.77. The molecule has 0 aliphatic rings. The van der Waals surface area contributed by atoms with Crippen LogP contribution in [-0.4, -0.2) is 18.8 Å². The molecule has 0 atom stereocenters. The predicted octanol–water partition coefficient (Wildman–Crippen LogP) is 2.12. The standard InChI is InChI=1S/C5H12P2Si/c1-8(2,3)5(7)4-6/h4,6-7H,1-3H3. The Bertz CT molecular complexity index is 112. The van der Waals surface area contributed by atoms with E-state index in [9.17, 15) is 0 Å². The highest BCUT2D eigenvalue weighted by Gasteiger charge is 2.14. The second kappa shape index (κ2) is 2.92. The van der Waals surface area contributed by atoms with Gasteiger partial charge in [0.25, 0.3) is 0 Å². The van der Waals surface area contributed by atoms with Crippen molar-refractivity contribution >= 4 is 36.5 Å². The zero-order valence-electron chi connectivity index (χ0n) is 5.58. The lowest BCUT2D eigenvalue weighted by molar-refractivity contribution is 1.85. The molecule has 0 saturated carbocycles. The topological polar surface area (TPSA) is 0 Å². The van der Waals surface area contributed by atoms with Gasteiger partial charge < -0.3 is 0 Å². The van der Waals surface area contributed by atoms with Gasteiger partial charge in [0.2, 0.25) is 0 Å². The van der Waals surface area contributed by atoms with Crippen LogP contribution >= 0.6 is 17.7 Å². The fourth-order valence-corrected chi connectivity index (χ4v) is 1.95. The lowest BCUT2D eigenvalue weighted by Crippen LogP contribution is -2.31. The van der Waals surface area contributed by atoms with Gasteiger partial charge in [-0.1, -0.05) is 19.6 Å². The first-order valence-electron chi connectivity index (χ1n) is 2.58. The molecule has 0 fully saturated rings. The van der Waals surface area contributed by atoms with Gasteiger partial charge in [-0.3, -0.25) is 0 Å². The maximum atomic E-state index is 3.52. The monoisotopic (exact) mass is 162 g/mol. The van der Waals surface area contributed by atoms with Crippen molar-refractivity contribution in [2.24, 2.45) is 0 Å². The van der Waals surface area contributed by atoms with Gasteiger partial charge in [-0.05, 0) is 10.7 Å². The third-order valence-corrected chi connectivity index (χ3v) is 5.97. The first kappa shape index (κ1) is 8.56. The molecule has 0 heterocycles. The quantitative estimate of drug-likeness (QED) is 0.431. The normalized spacial score (nSPS) is 10.9. The summed E-state index contributed by atoms with van der Waals surface area (Å²) < 4.78 is 0. The molecule has 0 aliphatic carbocycles. The summed E-state index contributed by atoms with van der Waals surface area (Å²) in [5, 5.41) is 0. The van der Waals surface area contributed by atoms with E-state index in [-0.39, 0.29) is 0 Å². The van der Waals surface area contributed by atoms with E-state index in [1.165, 1.54) is 4.92 Å². The van der Waals surface area contributed by atoms with Gasteiger partial charge in [-0.2, -0.15) is 0 Å². The summed E-state index contributed by atoms with van der Waals surface area (Å²) in [6.45, 7) is 6.85. The molecular formula is C5H12P2Si. The Morgan fingerprint density at radius 2 is 1.75 bits per heavy atom. The first-order valence-corrected chi connectivity index (χ1v) is 7.15. The van der Waals surface area contributed by atoms with Gasteiger partial charge in [-0.15, -0.1) is 17.7 Å². The molecule has 8 heavy (non-hydrogen) atoms. The Morgan fingerprint density at radius 1 is 1.38 bits per heavy atom. The van der Waals surface area contributed by atoms with Gasteiger partial charge in [-0.25, -0.2) is 0 Å². The van der Waals surface area contributed by atoms with Crippen LogP contribution in [0.2, 0.25) is 19.6 Å². The summed E-state index contributed by atoms with van der Waals surface area (Å²) in [4.78, 5) is 1.31. The van der Waals surface area contributed by atoms with E-state index in [2.05, 4.69) is 37.4 Å². The number of rotatable bonds is 2. The summed E-state index contributed by atoms with van der Waals surface area (Å²) >= 11 is 0. The highest BCUT2D eigenvalue weighted by atomic mass is 31.0. The molecule has 0 radical (unpaired) electrons. The molecule has 0 spiro atoms. The van der Waals surface area contributed by atoms with Crippen molar-refractivity contribution in [2.45, 2.75) is 19.6 Å². The molecule has 0 amide bonds. The molecule has 0 rings (SSSR count). The largest absolute Gasteiger partial charge is 0.123 e.